The topological polar surface area (TPSA) is 80.3 Å². The van der Waals surface area contributed by atoms with E-state index in [0.717, 1.165) is 17.4 Å². The van der Waals surface area contributed by atoms with Gasteiger partial charge in [0.05, 0.1) is 11.3 Å². The largest absolute Gasteiger partial charge is 0.476 e. The number of benzene rings is 1. The number of hydrogen-bond acceptors (Lipinski definition) is 5. The van der Waals surface area contributed by atoms with Crippen LogP contribution in [-0.2, 0) is 16.6 Å². The Balaban J connectivity index is 1.71. The minimum absolute atomic E-state index is 0.253. The van der Waals surface area contributed by atoms with E-state index in [-0.39, 0.29) is 6.04 Å². The van der Waals surface area contributed by atoms with Crippen molar-refractivity contribution >= 4 is 21.6 Å². The molecule has 0 aliphatic carbocycles. The number of sulfonamides is 1. The molecular formula is C17H22ClN3O3S. The number of aromatic nitrogens is 1. The molecule has 2 N–H and O–H groups in total. The van der Waals surface area contributed by atoms with Crippen LogP contribution in [0.3, 0.4) is 0 Å². The Morgan fingerprint density at radius 1 is 1.20 bits per heavy atom. The monoisotopic (exact) mass is 383 g/mol. The highest BCUT2D eigenvalue weighted by Crippen LogP contribution is 2.14. The number of nitrogens with zero attached hydrogens (tertiary/aromatic N) is 1. The third-order valence-corrected chi connectivity index (χ3v) is 4.43. The lowest BCUT2D eigenvalue weighted by Crippen LogP contribution is -2.25. The minimum Gasteiger partial charge on any atom is -0.476 e. The molecule has 136 valence electrons. The van der Waals surface area contributed by atoms with Crippen molar-refractivity contribution in [1.82, 2.24) is 15.0 Å². The van der Waals surface area contributed by atoms with Crippen molar-refractivity contribution < 1.29 is 13.2 Å². The summed E-state index contributed by atoms with van der Waals surface area (Å²) in [5.41, 5.74) is 2.03. The lowest BCUT2D eigenvalue weighted by atomic mass is 10.1. The standard InChI is InChI=1S/C17H22ClN3O3S/c1-13(21-25(2,22)23)15-5-3-14(4-6-15)11-19-9-10-24-17-8-7-16(18)12-20-17/h3-8,12-13,19,21H,9-11H2,1-2H3/t13-/m1/s1. The van der Waals surface area contributed by atoms with Crippen LogP contribution in [0.15, 0.2) is 42.6 Å². The molecule has 0 saturated heterocycles. The molecule has 0 unspecified atom stereocenters. The van der Waals surface area contributed by atoms with Crippen LogP contribution in [0.5, 0.6) is 5.88 Å². The Morgan fingerprint density at radius 2 is 1.92 bits per heavy atom. The van der Waals surface area contributed by atoms with Gasteiger partial charge < -0.3 is 10.1 Å². The van der Waals surface area contributed by atoms with Gasteiger partial charge in [-0.2, -0.15) is 0 Å². The zero-order chi connectivity index (χ0) is 18.3. The zero-order valence-corrected chi connectivity index (χ0v) is 15.8. The van der Waals surface area contributed by atoms with Crippen molar-refractivity contribution in [3.05, 3.63) is 58.7 Å². The van der Waals surface area contributed by atoms with E-state index in [1.54, 1.807) is 18.3 Å². The number of hydrogen-bond donors (Lipinski definition) is 2. The Labute approximate surface area is 153 Å². The van der Waals surface area contributed by atoms with Crippen molar-refractivity contribution in [3.63, 3.8) is 0 Å². The maximum Gasteiger partial charge on any atom is 0.213 e. The van der Waals surface area contributed by atoms with E-state index < -0.39 is 10.0 Å². The Hall–Kier alpha value is -1.67. The molecule has 8 heteroatoms. The molecule has 0 aliphatic heterocycles. The number of halogens is 1. The van der Waals surface area contributed by atoms with E-state index in [0.29, 0.717) is 30.6 Å². The fourth-order valence-electron chi connectivity index (χ4n) is 2.22. The number of rotatable bonds is 9. The molecule has 2 aromatic rings. The summed E-state index contributed by atoms with van der Waals surface area (Å²) in [6.45, 7) is 3.70. The highest BCUT2D eigenvalue weighted by molar-refractivity contribution is 7.88. The molecule has 2 rings (SSSR count). The van der Waals surface area contributed by atoms with Crippen molar-refractivity contribution in [1.29, 1.82) is 0 Å². The molecule has 0 saturated carbocycles. The van der Waals surface area contributed by atoms with Gasteiger partial charge >= 0.3 is 0 Å². The maximum absolute atomic E-state index is 11.3. The first-order chi connectivity index (χ1) is 11.8. The molecule has 0 amide bonds. The summed E-state index contributed by atoms with van der Waals surface area (Å²) in [4.78, 5) is 4.05. The van der Waals surface area contributed by atoms with E-state index in [1.165, 1.54) is 0 Å². The first-order valence-corrected chi connectivity index (χ1v) is 10.1. The smallest absolute Gasteiger partial charge is 0.213 e. The molecule has 1 heterocycles. The Bertz CT molecular complexity index is 765. The minimum atomic E-state index is -3.22. The van der Waals surface area contributed by atoms with Gasteiger partial charge in [0.25, 0.3) is 0 Å². The lowest BCUT2D eigenvalue weighted by molar-refractivity contribution is 0.302. The summed E-state index contributed by atoms with van der Waals surface area (Å²) in [5, 5.41) is 3.86. The fourth-order valence-corrected chi connectivity index (χ4v) is 3.11. The molecule has 0 fully saturated rings. The van der Waals surface area contributed by atoms with Crippen LogP contribution in [0.2, 0.25) is 5.02 Å². The van der Waals surface area contributed by atoms with Crippen molar-refractivity contribution in [2.75, 3.05) is 19.4 Å². The molecule has 25 heavy (non-hydrogen) atoms. The van der Waals surface area contributed by atoms with E-state index in [2.05, 4.69) is 15.0 Å². The molecule has 1 atom stereocenters. The van der Waals surface area contributed by atoms with Crippen LogP contribution in [0.4, 0.5) is 0 Å². The molecule has 1 aromatic heterocycles. The van der Waals surface area contributed by atoms with Gasteiger partial charge in [-0.15, -0.1) is 0 Å². The second kappa shape index (κ2) is 9.15. The normalized spacial score (nSPS) is 12.8. The highest BCUT2D eigenvalue weighted by atomic mass is 35.5. The zero-order valence-electron chi connectivity index (χ0n) is 14.2. The second-order valence-corrected chi connectivity index (χ2v) is 7.91. The van der Waals surface area contributed by atoms with E-state index in [4.69, 9.17) is 16.3 Å². The molecule has 0 aliphatic rings. The van der Waals surface area contributed by atoms with E-state index >= 15 is 0 Å². The van der Waals surface area contributed by atoms with Gasteiger partial charge in [0.15, 0.2) is 0 Å². The Kier molecular flexibility index (Phi) is 7.19. The third kappa shape index (κ3) is 7.39. The van der Waals surface area contributed by atoms with Crippen LogP contribution in [0, 0.1) is 0 Å². The average molecular weight is 384 g/mol. The quantitative estimate of drug-likeness (QED) is 0.650. The van der Waals surface area contributed by atoms with Gasteiger partial charge in [-0.25, -0.2) is 18.1 Å². The van der Waals surface area contributed by atoms with Gasteiger partial charge in [0.1, 0.15) is 6.61 Å². The van der Waals surface area contributed by atoms with Gasteiger partial charge in [0, 0.05) is 31.4 Å². The van der Waals surface area contributed by atoms with Crippen molar-refractivity contribution in [3.8, 4) is 5.88 Å². The first kappa shape index (κ1) is 19.7. The summed E-state index contributed by atoms with van der Waals surface area (Å²) < 4.78 is 30.6. The predicted molar refractivity (Wildman–Crippen MR) is 99.3 cm³/mol. The molecule has 6 nitrogen and oxygen atoms in total. The molecular weight excluding hydrogens is 362 g/mol. The average Bonchev–Trinajstić information content (AvgIpc) is 2.55. The summed E-state index contributed by atoms with van der Waals surface area (Å²) in [6, 6.07) is 11.0. The van der Waals surface area contributed by atoms with Gasteiger partial charge in [-0.3, -0.25) is 0 Å². The number of nitrogens with one attached hydrogen (secondary N) is 2. The molecule has 0 spiro atoms. The van der Waals surface area contributed by atoms with Crippen LogP contribution < -0.4 is 14.8 Å². The summed E-state index contributed by atoms with van der Waals surface area (Å²) in [7, 11) is -3.22. The predicted octanol–water partition coefficient (Wildman–Crippen LogP) is 2.51. The molecule has 0 bridgehead atoms. The molecule has 0 radical (unpaired) electrons. The Morgan fingerprint density at radius 3 is 2.52 bits per heavy atom. The van der Waals surface area contributed by atoms with Gasteiger partial charge in [-0.05, 0) is 24.1 Å². The summed E-state index contributed by atoms with van der Waals surface area (Å²) >= 11 is 5.76. The SMILES string of the molecule is C[C@@H](NS(C)(=O)=O)c1ccc(CNCCOc2ccc(Cl)cn2)cc1. The summed E-state index contributed by atoms with van der Waals surface area (Å²) in [6.07, 6.45) is 2.70. The van der Waals surface area contributed by atoms with Crippen LogP contribution >= 0.6 is 11.6 Å². The number of ether oxygens (including phenoxy) is 1. The first-order valence-electron chi connectivity index (χ1n) is 7.85. The van der Waals surface area contributed by atoms with Crippen LogP contribution in [-0.4, -0.2) is 32.8 Å². The van der Waals surface area contributed by atoms with Crippen molar-refractivity contribution in [2.45, 2.75) is 19.5 Å². The fraction of sp³-hybridized carbons (Fsp3) is 0.353. The second-order valence-electron chi connectivity index (χ2n) is 5.69. The lowest BCUT2D eigenvalue weighted by Gasteiger charge is -2.13. The van der Waals surface area contributed by atoms with Crippen LogP contribution in [0.1, 0.15) is 24.1 Å². The third-order valence-electron chi connectivity index (χ3n) is 3.43. The molecule has 1 aromatic carbocycles. The highest BCUT2D eigenvalue weighted by Gasteiger charge is 2.10. The van der Waals surface area contributed by atoms with E-state index in [1.807, 2.05) is 31.2 Å². The number of pyridine rings is 1. The summed E-state index contributed by atoms with van der Waals surface area (Å²) in [5.74, 6) is 0.544. The van der Waals surface area contributed by atoms with Gasteiger partial charge in [-0.1, -0.05) is 35.9 Å². The van der Waals surface area contributed by atoms with Gasteiger partial charge in [0.2, 0.25) is 15.9 Å². The van der Waals surface area contributed by atoms with E-state index in [9.17, 15) is 8.42 Å². The van der Waals surface area contributed by atoms with Crippen LogP contribution in [0.25, 0.3) is 0 Å². The van der Waals surface area contributed by atoms with Crippen molar-refractivity contribution in [2.24, 2.45) is 0 Å². The maximum atomic E-state index is 11.3.